The fourth-order valence-electron chi connectivity index (χ4n) is 2.91. The van der Waals surface area contributed by atoms with E-state index in [2.05, 4.69) is 28.2 Å². The number of nitrogens with one attached hydrogen (secondary N) is 1. The molecule has 3 nitrogen and oxygen atoms in total. The van der Waals surface area contributed by atoms with Crippen LogP contribution in [0.4, 0.5) is 0 Å². The summed E-state index contributed by atoms with van der Waals surface area (Å²) >= 11 is 3.39. The summed E-state index contributed by atoms with van der Waals surface area (Å²) in [5.41, 5.74) is 0. The summed E-state index contributed by atoms with van der Waals surface area (Å²) in [6, 6.07) is 7.66. The normalized spacial score (nSPS) is 23.8. The van der Waals surface area contributed by atoms with E-state index in [1.54, 1.807) is 0 Å². The first-order chi connectivity index (χ1) is 10.1. The van der Waals surface area contributed by atoms with Crippen LogP contribution in [0, 0.1) is 11.8 Å². The molecule has 0 spiro atoms. The van der Waals surface area contributed by atoms with Crippen molar-refractivity contribution in [2.75, 3.05) is 19.7 Å². The molecular weight excluding hydrogens is 330 g/mol. The quantitative estimate of drug-likeness (QED) is 0.784. The third-order valence-corrected chi connectivity index (χ3v) is 4.86. The van der Waals surface area contributed by atoms with Crippen LogP contribution >= 0.6 is 15.9 Å². The Labute approximate surface area is 136 Å². The summed E-state index contributed by atoms with van der Waals surface area (Å²) in [5, 5.41) is 13.4. The molecule has 3 unspecified atom stereocenters. The van der Waals surface area contributed by atoms with E-state index < -0.39 is 6.10 Å². The minimum atomic E-state index is -0.465. The highest BCUT2D eigenvalue weighted by atomic mass is 79.9. The number of hydrogen-bond acceptors (Lipinski definition) is 3. The number of aliphatic hydroxyl groups is 1. The standard InChI is InChI=1S/C17H26BrNO2/c1-13-4-2-3-5-14(13)10-19-11-16(20)12-21-17-8-6-15(18)7-9-17/h6-9,13-14,16,19-20H,2-5,10-12H2,1H3. The molecule has 1 fully saturated rings. The predicted octanol–water partition coefficient (Wildman–Crippen LogP) is 3.60. The van der Waals surface area contributed by atoms with Gasteiger partial charge in [0.1, 0.15) is 18.5 Å². The first kappa shape index (κ1) is 16.8. The van der Waals surface area contributed by atoms with E-state index in [1.165, 1.54) is 25.7 Å². The number of rotatable bonds is 7. The summed E-state index contributed by atoms with van der Waals surface area (Å²) in [4.78, 5) is 0. The van der Waals surface area contributed by atoms with Crippen molar-refractivity contribution >= 4 is 15.9 Å². The summed E-state index contributed by atoms with van der Waals surface area (Å²) < 4.78 is 6.60. The maximum Gasteiger partial charge on any atom is 0.119 e. The summed E-state index contributed by atoms with van der Waals surface area (Å²) in [7, 11) is 0. The van der Waals surface area contributed by atoms with Gasteiger partial charge in [0.2, 0.25) is 0 Å². The van der Waals surface area contributed by atoms with Gasteiger partial charge in [-0.15, -0.1) is 0 Å². The van der Waals surface area contributed by atoms with Gasteiger partial charge in [0.05, 0.1) is 0 Å². The number of aliphatic hydroxyl groups excluding tert-OH is 1. The molecule has 0 aromatic heterocycles. The second kappa shape index (κ2) is 8.76. The van der Waals surface area contributed by atoms with Crippen molar-refractivity contribution in [1.82, 2.24) is 5.32 Å². The molecule has 1 aromatic rings. The zero-order valence-corrected chi connectivity index (χ0v) is 14.3. The van der Waals surface area contributed by atoms with Gasteiger partial charge in [0.25, 0.3) is 0 Å². The second-order valence-electron chi connectivity index (χ2n) is 6.10. The molecular formula is C17H26BrNO2. The Morgan fingerprint density at radius 1 is 1.29 bits per heavy atom. The van der Waals surface area contributed by atoms with Crippen molar-refractivity contribution < 1.29 is 9.84 Å². The Morgan fingerprint density at radius 2 is 2.00 bits per heavy atom. The lowest BCUT2D eigenvalue weighted by molar-refractivity contribution is 0.103. The highest BCUT2D eigenvalue weighted by molar-refractivity contribution is 9.10. The van der Waals surface area contributed by atoms with Crippen LogP contribution < -0.4 is 10.1 Å². The molecule has 0 saturated heterocycles. The number of benzene rings is 1. The molecule has 0 bridgehead atoms. The van der Waals surface area contributed by atoms with Crippen LogP contribution in [0.2, 0.25) is 0 Å². The lowest BCUT2D eigenvalue weighted by Crippen LogP contribution is -2.36. The molecule has 118 valence electrons. The molecule has 1 aromatic carbocycles. The molecule has 4 heteroatoms. The maximum atomic E-state index is 9.96. The molecule has 0 aliphatic heterocycles. The fraction of sp³-hybridized carbons (Fsp3) is 0.647. The summed E-state index contributed by atoms with van der Waals surface area (Å²) in [5.74, 6) is 2.36. The van der Waals surface area contributed by atoms with Crippen LogP contribution in [0.1, 0.15) is 32.6 Å². The van der Waals surface area contributed by atoms with Gasteiger partial charge in [-0.2, -0.15) is 0 Å². The Hall–Kier alpha value is -0.580. The third kappa shape index (κ3) is 5.97. The molecule has 1 saturated carbocycles. The van der Waals surface area contributed by atoms with Crippen LogP contribution in [0.5, 0.6) is 5.75 Å². The van der Waals surface area contributed by atoms with Crippen LogP contribution in [-0.2, 0) is 0 Å². The van der Waals surface area contributed by atoms with E-state index in [-0.39, 0.29) is 0 Å². The zero-order chi connectivity index (χ0) is 15.1. The van der Waals surface area contributed by atoms with Crippen molar-refractivity contribution in [2.24, 2.45) is 11.8 Å². The van der Waals surface area contributed by atoms with Gasteiger partial charge in [-0.25, -0.2) is 0 Å². The monoisotopic (exact) mass is 355 g/mol. The van der Waals surface area contributed by atoms with E-state index in [9.17, 15) is 5.11 Å². The van der Waals surface area contributed by atoms with Crippen molar-refractivity contribution in [3.05, 3.63) is 28.7 Å². The first-order valence-electron chi connectivity index (χ1n) is 7.92. The van der Waals surface area contributed by atoms with Crippen molar-refractivity contribution in [2.45, 2.75) is 38.7 Å². The highest BCUT2D eigenvalue weighted by Crippen LogP contribution is 2.28. The zero-order valence-electron chi connectivity index (χ0n) is 12.7. The maximum absolute atomic E-state index is 9.96. The number of hydrogen-bond donors (Lipinski definition) is 2. The van der Waals surface area contributed by atoms with E-state index >= 15 is 0 Å². The van der Waals surface area contributed by atoms with Gasteiger partial charge in [-0.3, -0.25) is 0 Å². The molecule has 2 N–H and O–H groups in total. The SMILES string of the molecule is CC1CCCCC1CNCC(O)COc1ccc(Br)cc1. The van der Waals surface area contributed by atoms with Crippen molar-refractivity contribution in [1.29, 1.82) is 0 Å². The minimum Gasteiger partial charge on any atom is -0.491 e. The molecule has 0 heterocycles. The molecule has 0 amide bonds. The average Bonchev–Trinajstić information content (AvgIpc) is 2.49. The average molecular weight is 356 g/mol. The van der Waals surface area contributed by atoms with Crippen LogP contribution in [-0.4, -0.2) is 30.9 Å². The van der Waals surface area contributed by atoms with E-state index in [1.807, 2.05) is 24.3 Å². The summed E-state index contributed by atoms with van der Waals surface area (Å²) in [6.45, 7) is 4.28. The van der Waals surface area contributed by atoms with Crippen molar-refractivity contribution in [3.63, 3.8) is 0 Å². The molecule has 0 radical (unpaired) electrons. The van der Waals surface area contributed by atoms with Crippen LogP contribution in [0.3, 0.4) is 0 Å². The Bertz CT molecular complexity index is 410. The van der Waals surface area contributed by atoms with Gasteiger partial charge in [-0.1, -0.05) is 42.1 Å². The number of halogens is 1. The molecule has 3 atom stereocenters. The van der Waals surface area contributed by atoms with Gasteiger partial charge >= 0.3 is 0 Å². The molecule has 1 aliphatic rings. The molecule has 21 heavy (non-hydrogen) atoms. The van der Waals surface area contributed by atoms with Gasteiger partial charge in [-0.05, 0) is 49.1 Å². The number of ether oxygens (including phenoxy) is 1. The second-order valence-corrected chi connectivity index (χ2v) is 7.01. The first-order valence-corrected chi connectivity index (χ1v) is 8.71. The largest absolute Gasteiger partial charge is 0.491 e. The summed E-state index contributed by atoms with van der Waals surface area (Å²) in [6.07, 6.45) is 4.93. The Kier molecular flexibility index (Phi) is 7.00. The lowest BCUT2D eigenvalue weighted by atomic mass is 9.80. The fourth-order valence-corrected chi connectivity index (χ4v) is 3.18. The third-order valence-electron chi connectivity index (χ3n) is 4.33. The van der Waals surface area contributed by atoms with Crippen LogP contribution in [0.15, 0.2) is 28.7 Å². The Morgan fingerprint density at radius 3 is 2.71 bits per heavy atom. The predicted molar refractivity (Wildman–Crippen MR) is 89.6 cm³/mol. The molecule has 2 rings (SSSR count). The van der Waals surface area contributed by atoms with E-state index in [4.69, 9.17) is 4.74 Å². The van der Waals surface area contributed by atoms with E-state index in [0.29, 0.717) is 13.2 Å². The lowest BCUT2D eigenvalue weighted by Gasteiger charge is -2.29. The Balaban J connectivity index is 1.61. The van der Waals surface area contributed by atoms with E-state index in [0.717, 1.165) is 28.6 Å². The minimum absolute atomic E-state index is 0.328. The van der Waals surface area contributed by atoms with Gasteiger partial charge < -0.3 is 15.2 Å². The molecule has 1 aliphatic carbocycles. The smallest absolute Gasteiger partial charge is 0.119 e. The highest BCUT2D eigenvalue weighted by Gasteiger charge is 2.20. The topological polar surface area (TPSA) is 41.5 Å². The van der Waals surface area contributed by atoms with Gasteiger partial charge in [0, 0.05) is 11.0 Å². The van der Waals surface area contributed by atoms with Crippen molar-refractivity contribution in [3.8, 4) is 5.75 Å². The van der Waals surface area contributed by atoms with Crippen LogP contribution in [0.25, 0.3) is 0 Å². The van der Waals surface area contributed by atoms with Gasteiger partial charge in [0.15, 0.2) is 0 Å².